The van der Waals surface area contributed by atoms with Crippen molar-refractivity contribution in [3.8, 4) is 0 Å². The maximum absolute atomic E-state index is 10.7. The Labute approximate surface area is 88.9 Å². The highest BCUT2D eigenvalue weighted by atomic mass is 32.2. The van der Waals surface area contributed by atoms with Gasteiger partial charge in [-0.25, -0.2) is 0 Å². The molecule has 1 N–H and O–H groups in total. The van der Waals surface area contributed by atoms with Crippen molar-refractivity contribution < 1.29 is 26.1 Å². The van der Waals surface area contributed by atoms with Gasteiger partial charge in [0.15, 0.2) is 0 Å². The first-order valence-electron chi connectivity index (χ1n) is 3.71. The lowest BCUT2D eigenvalue weighted by molar-refractivity contribution is -0.0510. The first-order chi connectivity index (χ1) is 7.05. The van der Waals surface area contributed by atoms with Crippen molar-refractivity contribution >= 4 is 10.1 Å². The first-order valence-corrected chi connectivity index (χ1v) is 5.15. The lowest BCUT2D eigenvalue weighted by Gasteiger charge is -1.97. The Morgan fingerprint density at radius 2 is 1.75 bits per heavy atom. The average molecular weight is 259 g/mol. The molecule has 0 saturated carbocycles. The lowest BCUT2D eigenvalue weighted by atomic mass is 10.5. The first kappa shape index (κ1) is 14.6. The summed E-state index contributed by atoms with van der Waals surface area (Å²) in [5.41, 5.74) is -5.50. The smallest absolute Gasteiger partial charge is 0.319 e. The van der Waals surface area contributed by atoms with Gasteiger partial charge in [-0.1, -0.05) is 6.07 Å². The number of aryl methyl sites for hydroxylation is 1. The van der Waals surface area contributed by atoms with E-state index in [0.29, 0.717) is 0 Å². The molecule has 1 aromatic heterocycles. The highest BCUT2D eigenvalue weighted by molar-refractivity contribution is 7.86. The van der Waals surface area contributed by atoms with Crippen molar-refractivity contribution in [2.75, 3.05) is 0 Å². The quantitative estimate of drug-likeness (QED) is 0.551. The number of nitrogens with zero attached hydrogens (tertiary/aromatic N) is 1. The summed E-state index contributed by atoms with van der Waals surface area (Å²) < 4.78 is 59.1. The van der Waals surface area contributed by atoms with Crippen LogP contribution >= 0.6 is 0 Å². The third-order valence-electron chi connectivity index (χ3n) is 1.30. The van der Waals surface area contributed by atoms with Gasteiger partial charge >= 0.3 is 15.6 Å². The third kappa shape index (κ3) is 4.94. The Morgan fingerprint density at radius 3 is 1.94 bits per heavy atom. The van der Waals surface area contributed by atoms with Crippen LogP contribution in [0, 0.1) is 0 Å². The molecule has 0 aliphatic heterocycles. The average Bonchev–Trinajstić information content (AvgIpc) is 2.08. The van der Waals surface area contributed by atoms with Crippen molar-refractivity contribution in [2.45, 2.75) is 5.51 Å². The second-order valence-corrected chi connectivity index (χ2v) is 3.98. The molecule has 0 saturated heterocycles. The standard InChI is InChI=1S/C6H7NO.CHF3O3S/c1-7-5-3-2-4-6(7)8;2-1(3,4)8(5,6)7/h2-5H,1H3;(H,5,6,7). The van der Waals surface area contributed by atoms with E-state index in [2.05, 4.69) is 0 Å². The molecule has 1 rings (SSSR count). The van der Waals surface area contributed by atoms with E-state index in [1.54, 1.807) is 19.3 Å². The van der Waals surface area contributed by atoms with Gasteiger partial charge in [0, 0.05) is 19.3 Å². The maximum Gasteiger partial charge on any atom is 0.522 e. The molecular weight excluding hydrogens is 251 g/mol. The van der Waals surface area contributed by atoms with E-state index in [-0.39, 0.29) is 5.56 Å². The molecule has 0 spiro atoms. The summed E-state index contributed by atoms with van der Waals surface area (Å²) in [6, 6.07) is 5.07. The van der Waals surface area contributed by atoms with E-state index < -0.39 is 15.6 Å². The van der Waals surface area contributed by atoms with Crippen molar-refractivity contribution in [2.24, 2.45) is 7.05 Å². The number of rotatable bonds is 0. The van der Waals surface area contributed by atoms with Crippen LogP contribution in [0.15, 0.2) is 29.2 Å². The van der Waals surface area contributed by atoms with Crippen molar-refractivity contribution in [1.29, 1.82) is 0 Å². The number of pyridine rings is 1. The van der Waals surface area contributed by atoms with E-state index in [4.69, 9.17) is 13.0 Å². The van der Waals surface area contributed by atoms with Gasteiger partial charge in [-0.15, -0.1) is 0 Å². The van der Waals surface area contributed by atoms with Crippen molar-refractivity contribution in [3.05, 3.63) is 34.7 Å². The minimum Gasteiger partial charge on any atom is -0.319 e. The summed E-state index contributed by atoms with van der Waals surface area (Å²) in [6.07, 6.45) is 1.72. The molecule has 1 aromatic rings. The molecule has 0 aliphatic carbocycles. The van der Waals surface area contributed by atoms with Crippen LogP contribution in [0.2, 0.25) is 0 Å². The molecule has 0 amide bonds. The van der Waals surface area contributed by atoms with Gasteiger partial charge in [-0.2, -0.15) is 21.6 Å². The number of halogens is 3. The molecule has 0 unspecified atom stereocenters. The predicted molar refractivity (Wildman–Crippen MR) is 49.3 cm³/mol. The molecule has 0 aliphatic rings. The largest absolute Gasteiger partial charge is 0.522 e. The molecule has 9 heteroatoms. The molecule has 5 nitrogen and oxygen atoms in total. The second kappa shape index (κ2) is 5.12. The third-order valence-corrected chi connectivity index (χ3v) is 1.88. The number of aromatic nitrogens is 1. The fraction of sp³-hybridized carbons (Fsp3) is 0.286. The molecule has 1 heterocycles. The van der Waals surface area contributed by atoms with Crippen LogP contribution in [-0.2, 0) is 17.2 Å². The Kier molecular flexibility index (Phi) is 4.69. The summed E-state index contributed by atoms with van der Waals surface area (Å²) >= 11 is 0. The summed E-state index contributed by atoms with van der Waals surface area (Å²) in [6.45, 7) is 0. The Balaban J connectivity index is 0.000000281. The van der Waals surface area contributed by atoms with Crippen LogP contribution < -0.4 is 5.56 Å². The molecule has 0 fully saturated rings. The zero-order valence-electron chi connectivity index (χ0n) is 7.97. The maximum atomic E-state index is 10.7. The fourth-order valence-corrected chi connectivity index (χ4v) is 0.508. The zero-order valence-corrected chi connectivity index (χ0v) is 8.79. The molecule has 0 radical (unpaired) electrons. The minimum atomic E-state index is -5.84. The van der Waals surface area contributed by atoms with Crippen molar-refractivity contribution in [3.63, 3.8) is 0 Å². The van der Waals surface area contributed by atoms with Crippen molar-refractivity contribution in [1.82, 2.24) is 4.57 Å². The normalized spacial score (nSPS) is 11.6. The number of hydrogen-bond donors (Lipinski definition) is 1. The van der Waals surface area contributed by atoms with E-state index in [1.807, 2.05) is 6.07 Å². The van der Waals surface area contributed by atoms with Crippen LogP contribution in [-0.4, -0.2) is 23.0 Å². The molecule has 0 atom stereocenters. The SMILES string of the molecule is Cn1ccccc1=O.O=S(=O)(O)C(F)(F)F. The molecular formula is C7H8F3NO4S. The van der Waals surface area contributed by atoms with E-state index >= 15 is 0 Å². The molecule has 0 aromatic carbocycles. The zero-order chi connectivity index (χ0) is 13.0. The fourth-order valence-electron chi connectivity index (χ4n) is 0.508. The van der Waals surface area contributed by atoms with Crippen LogP contribution in [0.25, 0.3) is 0 Å². The number of alkyl halides is 3. The lowest BCUT2D eigenvalue weighted by Crippen LogP contribution is -2.21. The molecule has 0 bridgehead atoms. The number of hydrogen-bond acceptors (Lipinski definition) is 3. The minimum absolute atomic E-state index is 0.0347. The Hall–Kier alpha value is -1.35. The van der Waals surface area contributed by atoms with Gasteiger partial charge in [0.25, 0.3) is 0 Å². The monoisotopic (exact) mass is 259 g/mol. The van der Waals surface area contributed by atoms with Gasteiger partial charge in [0.1, 0.15) is 0 Å². The predicted octanol–water partition coefficient (Wildman–Crippen LogP) is 0.779. The van der Waals surface area contributed by atoms with Gasteiger partial charge in [-0.05, 0) is 6.07 Å². The topological polar surface area (TPSA) is 76.4 Å². The summed E-state index contributed by atoms with van der Waals surface area (Å²) in [7, 11) is -4.12. The van der Waals surface area contributed by atoms with Crippen LogP contribution in [0.1, 0.15) is 0 Å². The van der Waals surface area contributed by atoms with Crippen LogP contribution in [0.5, 0.6) is 0 Å². The van der Waals surface area contributed by atoms with Crippen LogP contribution in [0.4, 0.5) is 13.2 Å². The highest BCUT2D eigenvalue weighted by Crippen LogP contribution is 2.20. The Morgan fingerprint density at radius 1 is 1.31 bits per heavy atom. The van der Waals surface area contributed by atoms with Gasteiger partial charge in [0.05, 0.1) is 0 Å². The summed E-state index contributed by atoms with van der Waals surface area (Å²) in [4.78, 5) is 10.6. The van der Waals surface area contributed by atoms with E-state index in [0.717, 1.165) is 0 Å². The van der Waals surface area contributed by atoms with E-state index in [9.17, 15) is 18.0 Å². The molecule has 92 valence electrons. The van der Waals surface area contributed by atoms with E-state index in [1.165, 1.54) is 10.6 Å². The highest BCUT2D eigenvalue weighted by Gasteiger charge is 2.44. The summed E-state index contributed by atoms with van der Waals surface area (Å²) in [5, 5.41) is 0. The Bertz CT molecular complexity index is 491. The van der Waals surface area contributed by atoms with Gasteiger partial charge < -0.3 is 4.57 Å². The van der Waals surface area contributed by atoms with Gasteiger partial charge in [-0.3, -0.25) is 9.35 Å². The molecule has 16 heavy (non-hydrogen) atoms. The van der Waals surface area contributed by atoms with Crippen LogP contribution in [0.3, 0.4) is 0 Å². The summed E-state index contributed by atoms with van der Waals surface area (Å²) in [5.74, 6) is 0. The van der Waals surface area contributed by atoms with Gasteiger partial charge in [0.2, 0.25) is 5.56 Å². The second-order valence-electron chi connectivity index (χ2n) is 2.57.